The van der Waals surface area contributed by atoms with Crippen molar-refractivity contribution in [2.45, 2.75) is 33.1 Å². The molecule has 0 aliphatic carbocycles. The van der Waals surface area contributed by atoms with Gasteiger partial charge in [-0.25, -0.2) is 4.68 Å². The zero-order valence-corrected chi connectivity index (χ0v) is 14.3. The number of hydrogen-bond acceptors (Lipinski definition) is 4. The zero-order valence-electron chi connectivity index (χ0n) is 14.3. The molecule has 1 saturated heterocycles. The molecular formula is C18H20N4O3. The van der Waals surface area contributed by atoms with Crippen LogP contribution in [0.4, 0.5) is 5.69 Å². The van der Waals surface area contributed by atoms with Crippen LogP contribution in [0.25, 0.3) is 5.69 Å². The Morgan fingerprint density at radius 3 is 2.40 bits per heavy atom. The summed E-state index contributed by atoms with van der Waals surface area (Å²) < 4.78 is 1.78. The number of carbonyl (C=O) groups excluding carboxylic acids is 3. The molecule has 1 N–H and O–H groups in total. The van der Waals surface area contributed by atoms with Crippen LogP contribution in [0, 0.1) is 13.8 Å². The van der Waals surface area contributed by atoms with Crippen molar-refractivity contribution in [3.63, 3.8) is 0 Å². The molecule has 0 radical (unpaired) electrons. The van der Waals surface area contributed by atoms with Gasteiger partial charge in [0.1, 0.15) is 0 Å². The first kappa shape index (κ1) is 16.9. The van der Waals surface area contributed by atoms with E-state index in [4.69, 9.17) is 0 Å². The van der Waals surface area contributed by atoms with Crippen LogP contribution in [0.3, 0.4) is 0 Å². The van der Waals surface area contributed by atoms with Crippen molar-refractivity contribution in [3.8, 4) is 5.69 Å². The van der Waals surface area contributed by atoms with Crippen molar-refractivity contribution in [1.29, 1.82) is 0 Å². The van der Waals surface area contributed by atoms with Gasteiger partial charge in [-0.1, -0.05) is 18.2 Å². The van der Waals surface area contributed by atoms with Crippen LogP contribution < -0.4 is 5.32 Å². The van der Waals surface area contributed by atoms with E-state index in [0.29, 0.717) is 11.4 Å². The Labute approximate surface area is 145 Å². The largest absolute Gasteiger partial charge is 0.323 e. The van der Waals surface area contributed by atoms with Crippen LogP contribution >= 0.6 is 0 Å². The molecule has 0 spiro atoms. The number of imide groups is 1. The molecule has 1 fully saturated rings. The van der Waals surface area contributed by atoms with Crippen molar-refractivity contribution in [1.82, 2.24) is 14.7 Å². The molecule has 130 valence electrons. The summed E-state index contributed by atoms with van der Waals surface area (Å²) in [5.41, 5.74) is 3.11. The summed E-state index contributed by atoms with van der Waals surface area (Å²) in [5.74, 6) is -0.657. The van der Waals surface area contributed by atoms with Crippen LogP contribution in [0.5, 0.6) is 0 Å². The van der Waals surface area contributed by atoms with Gasteiger partial charge in [-0.3, -0.25) is 19.3 Å². The van der Waals surface area contributed by atoms with E-state index < -0.39 is 0 Å². The third-order valence-electron chi connectivity index (χ3n) is 4.27. The number of aromatic nitrogens is 2. The number of carbonyl (C=O) groups is 3. The van der Waals surface area contributed by atoms with Gasteiger partial charge >= 0.3 is 0 Å². The predicted octanol–water partition coefficient (Wildman–Crippen LogP) is 1.97. The molecule has 7 nitrogen and oxygen atoms in total. The number of anilines is 1. The molecule has 2 heterocycles. The first-order valence-corrected chi connectivity index (χ1v) is 8.22. The minimum atomic E-state index is -0.244. The van der Waals surface area contributed by atoms with Crippen molar-refractivity contribution < 1.29 is 14.4 Å². The molecule has 7 heteroatoms. The maximum atomic E-state index is 12.2. The molecule has 3 rings (SSSR count). The fourth-order valence-electron chi connectivity index (χ4n) is 2.93. The van der Waals surface area contributed by atoms with E-state index in [1.807, 2.05) is 44.2 Å². The van der Waals surface area contributed by atoms with E-state index in [0.717, 1.165) is 16.3 Å². The fourth-order valence-corrected chi connectivity index (χ4v) is 2.93. The average Bonchev–Trinajstić information content (AvgIpc) is 3.07. The second-order valence-corrected chi connectivity index (χ2v) is 6.03. The first-order chi connectivity index (χ1) is 12.0. The SMILES string of the molecule is Cc1nn(-c2ccccc2)c(C)c1NC(=O)CCN1C(=O)CCC1=O. The summed E-state index contributed by atoms with van der Waals surface area (Å²) in [7, 11) is 0. The Kier molecular flexibility index (Phi) is 4.65. The lowest BCUT2D eigenvalue weighted by atomic mass is 10.2. The summed E-state index contributed by atoms with van der Waals surface area (Å²) in [6, 6.07) is 9.66. The standard InChI is InChI=1S/C18H20N4O3/c1-12-18(13(2)22(20-12)14-6-4-3-5-7-14)19-15(23)10-11-21-16(24)8-9-17(21)25/h3-7H,8-11H2,1-2H3,(H,19,23). The molecular weight excluding hydrogens is 320 g/mol. The van der Waals surface area contributed by atoms with Gasteiger partial charge in [0.25, 0.3) is 0 Å². The van der Waals surface area contributed by atoms with E-state index >= 15 is 0 Å². The van der Waals surface area contributed by atoms with Gasteiger partial charge < -0.3 is 5.32 Å². The van der Waals surface area contributed by atoms with Gasteiger partial charge in [-0.2, -0.15) is 5.10 Å². The minimum absolute atomic E-state index is 0.0763. The van der Waals surface area contributed by atoms with Gasteiger partial charge in [-0.15, -0.1) is 0 Å². The minimum Gasteiger partial charge on any atom is -0.323 e. The Morgan fingerprint density at radius 1 is 1.12 bits per heavy atom. The number of nitrogens with zero attached hydrogens (tertiary/aromatic N) is 3. The smallest absolute Gasteiger partial charge is 0.229 e. The summed E-state index contributed by atoms with van der Waals surface area (Å²) in [6.45, 7) is 3.83. The van der Waals surface area contributed by atoms with E-state index in [9.17, 15) is 14.4 Å². The Bertz CT molecular complexity index is 810. The summed E-state index contributed by atoms with van der Waals surface area (Å²) >= 11 is 0. The van der Waals surface area contributed by atoms with Crippen LogP contribution in [-0.2, 0) is 14.4 Å². The lowest BCUT2D eigenvalue weighted by Crippen LogP contribution is -2.32. The molecule has 0 bridgehead atoms. The highest BCUT2D eigenvalue weighted by atomic mass is 16.2. The molecule has 0 atom stereocenters. The zero-order chi connectivity index (χ0) is 18.0. The number of likely N-dealkylation sites (tertiary alicyclic amines) is 1. The first-order valence-electron chi connectivity index (χ1n) is 8.22. The summed E-state index contributed by atoms with van der Waals surface area (Å²) in [5, 5.41) is 7.33. The second-order valence-electron chi connectivity index (χ2n) is 6.03. The van der Waals surface area contributed by atoms with Gasteiger partial charge in [0.05, 0.1) is 22.8 Å². The highest BCUT2D eigenvalue weighted by molar-refractivity contribution is 6.02. The molecule has 1 aliphatic rings. The Morgan fingerprint density at radius 2 is 1.76 bits per heavy atom. The highest BCUT2D eigenvalue weighted by Crippen LogP contribution is 2.23. The second kappa shape index (κ2) is 6.88. The van der Waals surface area contributed by atoms with Crippen LogP contribution in [-0.4, -0.2) is 38.9 Å². The molecule has 3 amide bonds. The molecule has 1 aliphatic heterocycles. The number of rotatable bonds is 5. The summed E-state index contributed by atoms with van der Waals surface area (Å²) in [4.78, 5) is 36.6. The van der Waals surface area contributed by atoms with Crippen molar-refractivity contribution in [2.24, 2.45) is 0 Å². The maximum absolute atomic E-state index is 12.2. The number of aryl methyl sites for hydroxylation is 1. The molecule has 25 heavy (non-hydrogen) atoms. The van der Waals surface area contributed by atoms with Crippen molar-refractivity contribution in [2.75, 3.05) is 11.9 Å². The highest BCUT2D eigenvalue weighted by Gasteiger charge is 2.29. The van der Waals surface area contributed by atoms with E-state index in [2.05, 4.69) is 10.4 Å². The average molecular weight is 340 g/mol. The number of hydrogen-bond donors (Lipinski definition) is 1. The number of nitrogens with one attached hydrogen (secondary N) is 1. The monoisotopic (exact) mass is 340 g/mol. The van der Waals surface area contributed by atoms with Gasteiger partial charge in [-0.05, 0) is 26.0 Å². The number of para-hydroxylation sites is 1. The maximum Gasteiger partial charge on any atom is 0.229 e. The molecule has 1 aromatic heterocycles. The van der Waals surface area contributed by atoms with E-state index in [1.165, 1.54) is 0 Å². The quantitative estimate of drug-likeness (QED) is 0.844. The van der Waals surface area contributed by atoms with Crippen LogP contribution in [0.2, 0.25) is 0 Å². The van der Waals surface area contributed by atoms with Crippen LogP contribution in [0.15, 0.2) is 30.3 Å². The predicted molar refractivity (Wildman–Crippen MR) is 92.2 cm³/mol. The third kappa shape index (κ3) is 3.45. The molecule has 0 saturated carbocycles. The van der Waals surface area contributed by atoms with Crippen molar-refractivity contribution in [3.05, 3.63) is 41.7 Å². The van der Waals surface area contributed by atoms with Gasteiger partial charge in [0.2, 0.25) is 17.7 Å². The van der Waals surface area contributed by atoms with Gasteiger partial charge in [0, 0.05) is 25.8 Å². The van der Waals surface area contributed by atoms with Crippen LogP contribution in [0.1, 0.15) is 30.7 Å². The van der Waals surface area contributed by atoms with Crippen molar-refractivity contribution >= 4 is 23.4 Å². The summed E-state index contributed by atoms with van der Waals surface area (Å²) in [6.07, 6.45) is 0.553. The normalized spacial score (nSPS) is 14.2. The molecule has 0 unspecified atom stereocenters. The Balaban J connectivity index is 1.68. The molecule has 2 aromatic rings. The lowest BCUT2D eigenvalue weighted by molar-refractivity contribution is -0.138. The third-order valence-corrected chi connectivity index (χ3v) is 4.27. The van der Waals surface area contributed by atoms with E-state index in [-0.39, 0.29) is 43.5 Å². The number of amides is 3. The topological polar surface area (TPSA) is 84.3 Å². The lowest BCUT2D eigenvalue weighted by Gasteiger charge is -2.13. The molecule has 1 aromatic carbocycles. The van der Waals surface area contributed by atoms with E-state index in [1.54, 1.807) is 4.68 Å². The van der Waals surface area contributed by atoms with Gasteiger partial charge in [0.15, 0.2) is 0 Å². The number of benzene rings is 1. The Hall–Kier alpha value is -2.96. The fraction of sp³-hybridized carbons (Fsp3) is 0.333.